The van der Waals surface area contributed by atoms with Crippen molar-refractivity contribution < 1.29 is 9.13 Å². The summed E-state index contributed by atoms with van der Waals surface area (Å²) in [6.07, 6.45) is 4.62. The van der Waals surface area contributed by atoms with Crippen LogP contribution in [0.4, 0.5) is 4.39 Å². The van der Waals surface area contributed by atoms with Crippen molar-refractivity contribution in [3.63, 3.8) is 0 Å². The number of hydrogen-bond donors (Lipinski definition) is 1. The van der Waals surface area contributed by atoms with Gasteiger partial charge in [0.05, 0.1) is 7.11 Å². The molecule has 2 nitrogen and oxygen atoms in total. The first-order valence-corrected chi connectivity index (χ1v) is 5.50. The molecule has 0 spiro atoms. The Kier molecular flexibility index (Phi) is 3.25. The van der Waals surface area contributed by atoms with E-state index in [1.807, 2.05) is 12.1 Å². The van der Waals surface area contributed by atoms with Gasteiger partial charge >= 0.3 is 0 Å². The maximum absolute atomic E-state index is 14.0. The number of methoxy groups -OCH3 is 1. The minimum Gasteiger partial charge on any atom is -0.494 e. The Bertz CT molecular complexity index is 414. The van der Waals surface area contributed by atoms with Crippen LogP contribution in [0.2, 0.25) is 0 Å². The first kappa shape index (κ1) is 11.1. The smallest absolute Gasteiger partial charge is 0.172 e. The highest BCUT2D eigenvalue weighted by Crippen LogP contribution is 2.31. The van der Waals surface area contributed by atoms with Crippen LogP contribution in [0.25, 0.3) is 5.57 Å². The standard InChI is InChI=1S/C13H16FNO/c1-16-12-4-2-3-11(13(12)14)9-5-7-10(15)8-6-9/h2-5,10H,6-8,15H2,1H3. The van der Waals surface area contributed by atoms with E-state index in [4.69, 9.17) is 10.5 Å². The van der Waals surface area contributed by atoms with Crippen molar-refractivity contribution in [3.05, 3.63) is 35.7 Å². The molecule has 16 heavy (non-hydrogen) atoms. The third-order valence-electron chi connectivity index (χ3n) is 2.98. The molecule has 0 amide bonds. The van der Waals surface area contributed by atoms with Gasteiger partial charge in [-0.05, 0) is 30.9 Å². The molecule has 0 heterocycles. The molecule has 0 fully saturated rings. The molecule has 0 aliphatic heterocycles. The molecule has 2 N–H and O–H groups in total. The van der Waals surface area contributed by atoms with Crippen molar-refractivity contribution in [2.75, 3.05) is 7.11 Å². The third kappa shape index (κ3) is 2.09. The highest BCUT2D eigenvalue weighted by Gasteiger charge is 2.16. The summed E-state index contributed by atoms with van der Waals surface area (Å²) < 4.78 is 18.9. The molecule has 1 aromatic rings. The molecule has 0 bridgehead atoms. The Labute approximate surface area is 94.9 Å². The van der Waals surface area contributed by atoms with Crippen LogP contribution in [0.15, 0.2) is 24.3 Å². The molecular formula is C13H16FNO. The lowest BCUT2D eigenvalue weighted by molar-refractivity contribution is 0.386. The Morgan fingerprint density at radius 3 is 2.88 bits per heavy atom. The third-order valence-corrected chi connectivity index (χ3v) is 2.98. The molecule has 1 atom stereocenters. The van der Waals surface area contributed by atoms with Crippen LogP contribution in [-0.4, -0.2) is 13.2 Å². The van der Waals surface area contributed by atoms with E-state index in [1.54, 1.807) is 12.1 Å². The predicted molar refractivity (Wildman–Crippen MR) is 62.8 cm³/mol. The van der Waals surface area contributed by atoms with Gasteiger partial charge in [0, 0.05) is 11.6 Å². The fourth-order valence-corrected chi connectivity index (χ4v) is 2.02. The van der Waals surface area contributed by atoms with Crippen LogP contribution in [0.5, 0.6) is 5.75 Å². The van der Waals surface area contributed by atoms with Crippen LogP contribution in [0.1, 0.15) is 24.8 Å². The Morgan fingerprint density at radius 2 is 2.25 bits per heavy atom. The molecule has 1 aromatic carbocycles. The molecule has 1 aliphatic rings. The fourth-order valence-electron chi connectivity index (χ4n) is 2.02. The number of nitrogens with two attached hydrogens (primary N) is 1. The number of halogens is 1. The number of rotatable bonds is 2. The molecule has 0 aromatic heterocycles. The zero-order chi connectivity index (χ0) is 11.5. The minimum absolute atomic E-state index is 0.220. The number of hydrogen-bond acceptors (Lipinski definition) is 2. The van der Waals surface area contributed by atoms with Crippen LogP contribution < -0.4 is 10.5 Å². The minimum atomic E-state index is -0.272. The Balaban J connectivity index is 2.34. The first-order valence-electron chi connectivity index (χ1n) is 5.50. The quantitative estimate of drug-likeness (QED) is 0.833. The zero-order valence-corrected chi connectivity index (χ0v) is 9.37. The topological polar surface area (TPSA) is 35.2 Å². The Hall–Kier alpha value is -1.35. The van der Waals surface area contributed by atoms with Gasteiger partial charge in [-0.2, -0.15) is 0 Å². The first-order chi connectivity index (χ1) is 7.72. The molecule has 1 unspecified atom stereocenters. The summed E-state index contributed by atoms with van der Waals surface area (Å²) in [6, 6.07) is 5.46. The van der Waals surface area contributed by atoms with Crippen molar-refractivity contribution in [1.82, 2.24) is 0 Å². The largest absolute Gasteiger partial charge is 0.494 e. The predicted octanol–water partition coefficient (Wildman–Crippen LogP) is 2.73. The lowest BCUT2D eigenvalue weighted by atomic mass is 9.91. The van der Waals surface area contributed by atoms with Gasteiger partial charge in [-0.25, -0.2) is 4.39 Å². The summed E-state index contributed by atoms with van der Waals surface area (Å²) in [5, 5.41) is 0. The average molecular weight is 221 g/mol. The van der Waals surface area contributed by atoms with E-state index >= 15 is 0 Å². The SMILES string of the molecule is COc1cccc(C2=CCC(N)CC2)c1F. The number of allylic oxidation sites excluding steroid dienone is 1. The zero-order valence-electron chi connectivity index (χ0n) is 9.37. The maximum Gasteiger partial charge on any atom is 0.172 e. The van der Waals surface area contributed by atoms with E-state index in [2.05, 4.69) is 0 Å². The van der Waals surface area contributed by atoms with Gasteiger partial charge in [0.1, 0.15) is 0 Å². The second-order valence-electron chi connectivity index (χ2n) is 4.09. The van der Waals surface area contributed by atoms with E-state index in [0.717, 1.165) is 24.8 Å². The van der Waals surface area contributed by atoms with Gasteiger partial charge in [-0.1, -0.05) is 18.2 Å². The van der Waals surface area contributed by atoms with Crippen LogP contribution >= 0.6 is 0 Å². The van der Waals surface area contributed by atoms with E-state index < -0.39 is 0 Å². The van der Waals surface area contributed by atoms with E-state index in [0.29, 0.717) is 11.3 Å². The second-order valence-corrected chi connectivity index (χ2v) is 4.09. The monoisotopic (exact) mass is 221 g/mol. The van der Waals surface area contributed by atoms with Crippen molar-refractivity contribution in [3.8, 4) is 5.75 Å². The van der Waals surface area contributed by atoms with Crippen LogP contribution in [0.3, 0.4) is 0 Å². The van der Waals surface area contributed by atoms with Gasteiger partial charge < -0.3 is 10.5 Å². The van der Waals surface area contributed by atoms with Gasteiger partial charge in [0.2, 0.25) is 0 Å². The highest BCUT2D eigenvalue weighted by molar-refractivity contribution is 5.68. The van der Waals surface area contributed by atoms with Crippen molar-refractivity contribution in [2.45, 2.75) is 25.3 Å². The van der Waals surface area contributed by atoms with Gasteiger partial charge in [-0.3, -0.25) is 0 Å². The second kappa shape index (κ2) is 4.66. The lowest BCUT2D eigenvalue weighted by Crippen LogP contribution is -2.21. The molecule has 0 saturated carbocycles. The van der Waals surface area contributed by atoms with Crippen molar-refractivity contribution >= 4 is 5.57 Å². The summed E-state index contributed by atoms with van der Waals surface area (Å²) in [7, 11) is 1.48. The Morgan fingerprint density at radius 1 is 1.44 bits per heavy atom. The molecule has 2 rings (SSSR count). The normalized spacial score (nSPS) is 20.4. The van der Waals surface area contributed by atoms with Gasteiger partial charge in [-0.15, -0.1) is 0 Å². The highest BCUT2D eigenvalue weighted by atomic mass is 19.1. The van der Waals surface area contributed by atoms with E-state index in [-0.39, 0.29) is 11.9 Å². The van der Waals surface area contributed by atoms with Crippen LogP contribution in [-0.2, 0) is 0 Å². The molecule has 86 valence electrons. The number of ether oxygens (including phenoxy) is 1. The van der Waals surface area contributed by atoms with Crippen molar-refractivity contribution in [2.24, 2.45) is 5.73 Å². The van der Waals surface area contributed by atoms with Gasteiger partial charge in [0.25, 0.3) is 0 Å². The summed E-state index contributed by atoms with van der Waals surface area (Å²) in [4.78, 5) is 0. The lowest BCUT2D eigenvalue weighted by Gasteiger charge is -2.19. The van der Waals surface area contributed by atoms with Crippen molar-refractivity contribution in [1.29, 1.82) is 0 Å². The van der Waals surface area contributed by atoms with Gasteiger partial charge in [0.15, 0.2) is 11.6 Å². The summed E-state index contributed by atoms with van der Waals surface area (Å²) in [5.41, 5.74) is 7.49. The molecule has 0 radical (unpaired) electrons. The van der Waals surface area contributed by atoms with E-state index in [9.17, 15) is 4.39 Å². The van der Waals surface area contributed by atoms with E-state index in [1.165, 1.54) is 7.11 Å². The molecule has 3 heteroatoms. The summed E-state index contributed by atoms with van der Waals surface area (Å²) in [5.74, 6) is 0.0278. The summed E-state index contributed by atoms with van der Waals surface area (Å²) in [6.45, 7) is 0. The fraction of sp³-hybridized carbons (Fsp3) is 0.385. The number of benzene rings is 1. The molecule has 0 saturated heterocycles. The summed E-state index contributed by atoms with van der Waals surface area (Å²) >= 11 is 0. The van der Waals surface area contributed by atoms with Crippen LogP contribution in [0, 0.1) is 5.82 Å². The molecule has 1 aliphatic carbocycles. The molecular weight excluding hydrogens is 205 g/mol. The maximum atomic E-state index is 14.0. The average Bonchev–Trinajstić information content (AvgIpc) is 2.31.